The maximum atomic E-state index is 13.0. The monoisotopic (exact) mass is 365 g/mol. The zero-order valence-electron chi connectivity index (χ0n) is 14.5. The lowest BCUT2D eigenvalue weighted by atomic mass is 10.1. The molecule has 2 aromatic rings. The van der Waals surface area contributed by atoms with Crippen LogP contribution in [0.15, 0.2) is 54.6 Å². The van der Waals surface area contributed by atoms with Crippen molar-refractivity contribution >= 4 is 10.0 Å². The lowest BCUT2D eigenvalue weighted by Crippen LogP contribution is -2.38. The van der Waals surface area contributed by atoms with Gasteiger partial charge in [0.25, 0.3) is 0 Å². The zero-order chi connectivity index (χ0) is 18.4. The molecule has 25 heavy (non-hydrogen) atoms. The fraction of sp³-hybridized carbons (Fsp3) is 0.368. The Morgan fingerprint density at radius 3 is 2.16 bits per heavy atom. The maximum absolute atomic E-state index is 13.0. The summed E-state index contributed by atoms with van der Waals surface area (Å²) in [5.41, 5.74) is 1.19. The molecule has 1 unspecified atom stereocenters. The summed E-state index contributed by atoms with van der Waals surface area (Å²) >= 11 is 0. The number of rotatable bonds is 8. The molecule has 0 saturated carbocycles. The number of aliphatic hydroxyl groups is 1. The predicted octanol–water partition coefficient (Wildman–Crippen LogP) is 3.35. The van der Waals surface area contributed by atoms with Crippen molar-refractivity contribution in [2.24, 2.45) is 5.92 Å². The molecule has 1 N–H and O–H groups in total. The number of sulfonamides is 1. The summed E-state index contributed by atoms with van der Waals surface area (Å²) in [6.45, 7) is 4.11. The molecule has 4 nitrogen and oxygen atoms in total. The molecule has 0 aliphatic heterocycles. The summed E-state index contributed by atoms with van der Waals surface area (Å²) in [4.78, 5) is 0. The molecular formula is C19H24FNO3S. The number of benzene rings is 2. The van der Waals surface area contributed by atoms with Crippen molar-refractivity contribution in [1.82, 2.24) is 4.31 Å². The second kappa shape index (κ2) is 8.56. The molecule has 0 aliphatic carbocycles. The van der Waals surface area contributed by atoms with Crippen molar-refractivity contribution in [2.45, 2.75) is 25.7 Å². The maximum Gasteiger partial charge on any atom is 0.218 e. The number of nitrogens with zero attached hydrogens (tertiary/aromatic N) is 1. The highest BCUT2D eigenvalue weighted by molar-refractivity contribution is 7.88. The molecule has 2 rings (SSSR count). The quantitative estimate of drug-likeness (QED) is 0.780. The smallest absolute Gasteiger partial charge is 0.218 e. The van der Waals surface area contributed by atoms with E-state index < -0.39 is 21.9 Å². The van der Waals surface area contributed by atoms with Gasteiger partial charge in [-0.15, -0.1) is 0 Å². The lowest BCUT2D eigenvalue weighted by Gasteiger charge is -2.26. The molecule has 0 amide bonds. The predicted molar refractivity (Wildman–Crippen MR) is 96.8 cm³/mol. The second-order valence-corrected chi connectivity index (χ2v) is 8.49. The molecule has 0 radical (unpaired) electrons. The molecule has 1 atom stereocenters. The third-order valence-corrected chi connectivity index (χ3v) is 5.57. The lowest BCUT2D eigenvalue weighted by molar-refractivity contribution is 0.143. The van der Waals surface area contributed by atoms with Crippen LogP contribution in [0, 0.1) is 11.7 Å². The molecule has 0 fully saturated rings. The highest BCUT2D eigenvalue weighted by Gasteiger charge is 2.26. The summed E-state index contributed by atoms with van der Waals surface area (Å²) in [7, 11) is -3.58. The highest BCUT2D eigenvalue weighted by atomic mass is 32.2. The van der Waals surface area contributed by atoms with Crippen LogP contribution in [0.25, 0.3) is 0 Å². The third kappa shape index (κ3) is 5.92. The molecule has 2 aromatic carbocycles. The minimum Gasteiger partial charge on any atom is -0.387 e. The number of aliphatic hydroxyl groups excluding tert-OH is 1. The molecular weight excluding hydrogens is 341 g/mol. The van der Waals surface area contributed by atoms with Crippen LogP contribution in [0.2, 0.25) is 0 Å². The van der Waals surface area contributed by atoms with Crippen LogP contribution >= 0.6 is 0 Å². The number of halogens is 1. The minimum atomic E-state index is -3.58. The van der Waals surface area contributed by atoms with Crippen molar-refractivity contribution in [3.63, 3.8) is 0 Å². The first-order valence-electron chi connectivity index (χ1n) is 8.23. The fourth-order valence-corrected chi connectivity index (χ4v) is 4.26. The second-order valence-electron chi connectivity index (χ2n) is 6.52. The van der Waals surface area contributed by atoms with E-state index in [1.54, 1.807) is 24.3 Å². The van der Waals surface area contributed by atoms with Crippen molar-refractivity contribution in [3.05, 3.63) is 71.5 Å². The van der Waals surface area contributed by atoms with Crippen molar-refractivity contribution in [2.75, 3.05) is 13.1 Å². The van der Waals surface area contributed by atoms with Gasteiger partial charge in [-0.05, 0) is 29.2 Å². The van der Waals surface area contributed by atoms with E-state index in [1.807, 2.05) is 19.9 Å². The van der Waals surface area contributed by atoms with Gasteiger partial charge in [-0.2, -0.15) is 4.31 Å². The Bertz CT molecular complexity index is 761. The Morgan fingerprint density at radius 1 is 1.00 bits per heavy atom. The van der Waals surface area contributed by atoms with Gasteiger partial charge < -0.3 is 5.11 Å². The van der Waals surface area contributed by atoms with Crippen molar-refractivity contribution < 1.29 is 17.9 Å². The molecule has 0 saturated heterocycles. The van der Waals surface area contributed by atoms with Gasteiger partial charge in [-0.3, -0.25) is 0 Å². The van der Waals surface area contributed by atoms with Gasteiger partial charge in [0.2, 0.25) is 10.0 Å². The van der Waals surface area contributed by atoms with Gasteiger partial charge in [0, 0.05) is 13.1 Å². The Labute approximate surface area is 149 Å². The van der Waals surface area contributed by atoms with E-state index in [0.717, 1.165) is 0 Å². The Kier molecular flexibility index (Phi) is 6.70. The summed E-state index contributed by atoms with van der Waals surface area (Å²) in [6, 6.07) is 14.4. The van der Waals surface area contributed by atoms with Gasteiger partial charge in [-0.1, -0.05) is 56.3 Å². The van der Waals surface area contributed by atoms with E-state index in [2.05, 4.69) is 0 Å². The molecule has 0 aliphatic rings. The molecule has 0 spiro atoms. The van der Waals surface area contributed by atoms with Crippen molar-refractivity contribution in [3.8, 4) is 0 Å². The number of hydrogen-bond acceptors (Lipinski definition) is 3. The first-order chi connectivity index (χ1) is 11.8. The Morgan fingerprint density at radius 2 is 1.60 bits per heavy atom. The Balaban J connectivity index is 2.18. The molecule has 0 aromatic heterocycles. The summed E-state index contributed by atoms with van der Waals surface area (Å²) in [5, 5.41) is 10.4. The zero-order valence-corrected chi connectivity index (χ0v) is 15.3. The van der Waals surface area contributed by atoms with Gasteiger partial charge in [0.05, 0.1) is 11.9 Å². The summed E-state index contributed by atoms with van der Waals surface area (Å²) in [6.07, 6.45) is -1.01. The van der Waals surface area contributed by atoms with Crippen LogP contribution in [0.3, 0.4) is 0 Å². The van der Waals surface area contributed by atoms with Gasteiger partial charge in [0.15, 0.2) is 0 Å². The summed E-state index contributed by atoms with van der Waals surface area (Å²) < 4.78 is 40.0. The molecule has 0 bridgehead atoms. The standard InChI is InChI=1S/C19H24FNO3S/c1-15(2)12-21(13-19(22)17-8-10-18(20)11-9-17)25(23,24)14-16-6-4-3-5-7-16/h3-11,15,19,22H,12-14H2,1-2H3. The first-order valence-corrected chi connectivity index (χ1v) is 9.84. The van der Waals surface area contributed by atoms with E-state index in [4.69, 9.17) is 0 Å². The molecule has 6 heteroatoms. The van der Waals surface area contributed by atoms with Gasteiger partial charge in [0.1, 0.15) is 5.82 Å². The minimum absolute atomic E-state index is 0.0566. The van der Waals surface area contributed by atoms with Crippen LogP contribution in [-0.4, -0.2) is 30.9 Å². The summed E-state index contributed by atoms with van der Waals surface area (Å²) in [5.74, 6) is -0.394. The Hall–Kier alpha value is -1.76. The SMILES string of the molecule is CC(C)CN(CC(O)c1ccc(F)cc1)S(=O)(=O)Cc1ccccc1. The third-order valence-electron chi connectivity index (χ3n) is 3.79. The van der Waals surface area contributed by atoms with Crippen LogP contribution < -0.4 is 0 Å². The molecule has 136 valence electrons. The highest BCUT2D eigenvalue weighted by Crippen LogP contribution is 2.20. The first kappa shape index (κ1) is 19.6. The van der Waals surface area contributed by atoms with Crippen LogP contribution in [-0.2, 0) is 15.8 Å². The molecule has 0 heterocycles. The fourth-order valence-electron chi connectivity index (χ4n) is 2.57. The average molecular weight is 365 g/mol. The van der Waals surface area contributed by atoms with Crippen LogP contribution in [0.4, 0.5) is 4.39 Å². The van der Waals surface area contributed by atoms with E-state index in [0.29, 0.717) is 17.7 Å². The van der Waals surface area contributed by atoms with Gasteiger partial charge >= 0.3 is 0 Å². The van der Waals surface area contributed by atoms with E-state index in [1.165, 1.54) is 28.6 Å². The van der Waals surface area contributed by atoms with Crippen molar-refractivity contribution in [1.29, 1.82) is 0 Å². The largest absolute Gasteiger partial charge is 0.387 e. The van der Waals surface area contributed by atoms with E-state index in [9.17, 15) is 17.9 Å². The normalized spacial score (nSPS) is 13.4. The van der Waals surface area contributed by atoms with Crippen LogP contribution in [0.1, 0.15) is 31.1 Å². The topological polar surface area (TPSA) is 57.6 Å². The van der Waals surface area contributed by atoms with Crippen LogP contribution in [0.5, 0.6) is 0 Å². The van der Waals surface area contributed by atoms with E-state index >= 15 is 0 Å². The van der Waals surface area contributed by atoms with Gasteiger partial charge in [-0.25, -0.2) is 12.8 Å². The number of hydrogen-bond donors (Lipinski definition) is 1. The average Bonchev–Trinajstić information content (AvgIpc) is 2.55. The van der Waals surface area contributed by atoms with E-state index in [-0.39, 0.29) is 18.2 Å².